The van der Waals surface area contributed by atoms with Gasteiger partial charge < -0.3 is 5.73 Å². The van der Waals surface area contributed by atoms with Gasteiger partial charge >= 0.3 is 0 Å². The molecule has 0 saturated carbocycles. The SMILES string of the molecule is NC1=c2ccccc2=NCc2sccc21. The van der Waals surface area contributed by atoms with Crippen molar-refractivity contribution in [3.05, 3.63) is 56.7 Å². The predicted octanol–water partition coefficient (Wildman–Crippen LogP) is 0.996. The molecule has 0 fully saturated rings. The van der Waals surface area contributed by atoms with Crippen molar-refractivity contribution in [3.8, 4) is 0 Å². The lowest BCUT2D eigenvalue weighted by Gasteiger charge is -1.98. The molecule has 0 radical (unpaired) electrons. The highest BCUT2D eigenvalue weighted by Crippen LogP contribution is 2.21. The lowest BCUT2D eigenvalue weighted by Crippen LogP contribution is -2.28. The van der Waals surface area contributed by atoms with Crippen molar-refractivity contribution in [2.75, 3.05) is 0 Å². The topological polar surface area (TPSA) is 38.4 Å². The van der Waals surface area contributed by atoms with Gasteiger partial charge in [0.15, 0.2) is 0 Å². The lowest BCUT2D eigenvalue weighted by atomic mass is 10.1. The predicted molar refractivity (Wildman–Crippen MR) is 61.9 cm³/mol. The van der Waals surface area contributed by atoms with Crippen LogP contribution in [0.5, 0.6) is 0 Å². The molecule has 0 spiro atoms. The zero-order chi connectivity index (χ0) is 10.3. The van der Waals surface area contributed by atoms with Gasteiger partial charge in [0, 0.05) is 21.4 Å². The molecule has 1 aliphatic heterocycles. The van der Waals surface area contributed by atoms with E-state index in [0.717, 1.165) is 28.4 Å². The second-order valence-electron chi connectivity index (χ2n) is 3.50. The Bertz CT molecular complexity index is 625. The fraction of sp³-hybridized carbons (Fsp3) is 0.0833. The molecule has 15 heavy (non-hydrogen) atoms. The van der Waals surface area contributed by atoms with E-state index < -0.39 is 0 Å². The highest BCUT2D eigenvalue weighted by atomic mass is 32.1. The molecule has 3 heteroatoms. The molecule has 1 aromatic heterocycles. The normalized spacial score (nSPS) is 13.7. The van der Waals surface area contributed by atoms with Crippen molar-refractivity contribution >= 4 is 17.0 Å². The van der Waals surface area contributed by atoms with Crippen molar-refractivity contribution in [2.45, 2.75) is 6.54 Å². The van der Waals surface area contributed by atoms with Gasteiger partial charge in [0.2, 0.25) is 0 Å². The summed E-state index contributed by atoms with van der Waals surface area (Å²) in [6.45, 7) is 0.741. The minimum Gasteiger partial charge on any atom is -0.398 e. The average Bonchev–Trinajstić information content (AvgIpc) is 2.69. The van der Waals surface area contributed by atoms with Gasteiger partial charge in [-0.2, -0.15) is 0 Å². The first kappa shape index (κ1) is 8.68. The van der Waals surface area contributed by atoms with Crippen LogP contribution in [0.2, 0.25) is 0 Å². The summed E-state index contributed by atoms with van der Waals surface area (Å²) in [5.41, 5.74) is 8.16. The van der Waals surface area contributed by atoms with Crippen LogP contribution < -0.4 is 16.3 Å². The minimum absolute atomic E-state index is 0.741. The molecular formula is C12H10N2S. The smallest absolute Gasteiger partial charge is 0.0746 e. The van der Waals surface area contributed by atoms with E-state index in [9.17, 15) is 0 Å². The molecule has 0 aliphatic carbocycles. The number of hydrogen-bond acceptors (Lipinski definition) is 3. The van der Waals surface area contributed by atoms with Crippen LogP contribution in [0.4, 0.5) is 0 Å². The molecule has 2 nitrogen and oxygen atoms in total. The second kappa shape index (κ2) is 3.21. The van der Waals surface area contributed by atoms with E-state index in [1.165, 1.54) is 4.88 Å². The highest BCUT2D eigenvalue weighted by Gasteiger charge is 2.09. The zero-order valence-electron chi connectivity index (χ0n) is 8.10. The van der Waals surface area contributed by atoms with Crippen LogP contribution in [0.1, 0.15) is 10.4 Å². The minimum atomic E-state index is 0.741. The number of nitrogens with zero attached hydrogens (tertiary/aromatic N) is 1. The lowest BCUT2D eigenvalue weighted by molar-refractivity contribution is 1.03. The Kier molecular flexibility index (Phi) is 1.86. The summed E-state index contributed by atoms with van der Waals surface area (Å²) >= 11 is 1.72. The molecule has 0 amide bonds. The summed E-state index contributed by atoms with van der Waals surface area (Å²) in [5, 5.41) is 4.12. The monoisotopic (exact) mass is 214 g/mol. The molecule has 3 rings (SSSR count). The Labute approximate surface area is 91.4 Å². The molecule has 74 valence electrons. The highest BCUT2D eigenvalue weighted by molar-refractivity contribution is 7.10. The van der Waals surface area contributed by atoms with Crippen LogP contribution in [0, 0.1) is 0 Å². The van der Waals surface area contributed by atoms with Crippen LogP contribution in [-0.4, -0.2) is 0 Å². The Morgan fingerprint density at radius 3 is 3.00 bits per heavy atom. The third-order valence-corrected chi connectivity index (χ3v) is 3.53. The van der Waals surface area contributed by atoms with Crippen molar-refractivity contribution in [1.29, 1.82) is 0 Å². The Morgan fingerprint density at radius 2 is 2.07 bits per heavy atom. The molecule has 0 atom stereocenters. The van der Waals surface area contributed by atoms with E-state index >= 15 is 0 Å². The average molecular weight is 214 g/mol. The molecule has 1 aromatic carbocycles. The van der Waals surface area contributed by atoms with Gasteiger partial charge in [0.25, 0.3) is 0 Å². The Hall–Kier alpha value is -1.61. The van der Waals surface area contributed by atoms with E-state index in [2.05, 4.69) is 16.4 Å². The number of rotatable bonds is 0. The van der Waals surface area contributed by atoms with Crippen molar-refractivity contribution < 1.29 is 0 Å². The number of hydrogen-bond donors (Lipinski definition) is 1. The third-order valence-electron chi connectivity index (χ3n) is 2.62. The van der Waals surface area contributed by atoms with E-state index in [0.29, 0.717) is 0 Å². The summed E-state index contributed by atoms with van der Waals surface area (Å²) in [5.74, 6) is 0. The second-order valence-corrected chi connectivity index (χ2v) is 4.51. The first-order chi connectivity index (χ1) is 7.36. The molecule has 0 unspecified atom stereocenters. The summed E-state index contributed by atoms with van der Waals surface area (Å²) in [7, 11) is 0. The van der Waals surface area contributed by atoms with Crippen LogP contribution in [0.25, 0.3) is 5.70 Å². The van der Waals surface area contributed by atoms with Gasteiger partial charge in [-0.15, -0.1) is 11.3 Å². The quantitative estimate of drug-likeness (QED) is 0.698. The third kappa shape index (κ3) is 1.27. The number of benzene rings is 1. The molecule has 0 saturated heterocycles. The van der Waals surface area contributed by atoms with Gasteiger partial charge in [-0.1, -0.05) is 18.2 Å². The summed E-state index contributed by atoms with van der Waals surface area (Å²) in [6, 6.07) is 10.1. The van der Waals surface area contributed by atoms with Crippen LogP contribution in [-0.2, 0) is 6.54 Å². The largest absolute Gasteiger partial charge is 0.398 e. The van der Waals surface area contributed by atoms with E-state index in [-0.39, 0.29) is 0 Å². The van der Waals surface area contributed by atoms with Gasteiger partial charge in [0.05, 0.1) is 11.9 Å². The molecule has 2 aromatic rings. The van der Waals surface area contributed by atoms with Crippen LogP contribution in [0.3, 0.4) is 0 Å². The van der Waals surface area contributed by atoms with Crippen LogP contribution in [0.15, 0.2) is 40.7 Å². The fourth-order valence-corrected chi connectivity index (χ4v) is 2.66. The maximum absolute atomic E-state index is 6.17. The van der Waals surface area contributed by atoms with E-state index in [4.69, 9.17) is 5.73 Å². The van der Waals surface area contributed by atoms with Gasteiger partial charge in [-0.05, 0) is 17.5 Å². The standard InChI is InChI=1S/C12H10N2S/c13-12-8-3-1-2-4-10(8)14-7-11-9(12)5-6-15-11/h1-6H,7,13H2. The first-order valence-corrected chi connectivity index (χ1v) is 5.70. The molecular weight excluding hydrogens is 204 g/mol. The maximum atomic E-state index is 6.17. The number of nitrogens with two attached hydrogens (primary N) is 1. The summed E-state index contributed by atoms with van der Waals surface area (Å²) < 4.78 is 0. The summed E-state index contributed by atoms with van der Waals surface area (Å²) in [6.07, 6.45) is 0. The maximum Gasteiger partial charge on any atom is 0.0746 e. The molecule has 0 bridgehead atoms. The van der Waals surface area contributed by atoms with Gasteiger partial charge in [0.1, 0.15) is 0 Å². The van der Waals surface area contributed by atoms with E-state index in [1.54, 1.807) is 11.3 Å². The van der Waals surface area contributed by atoms with Gasteiger partial charge in [-0.25, -0.2) is 0 Å². The molecule has 2 N–H and O–H groups in total. The summed E-state index contributed by atoms with van der Waals surface area (Å²) in [4.78, 5) is 5.81. The molecule has 2 heterocycles. The van der Waals surface area contributed by atoms with Crippen molar-refractivity contribution in [3.63, 3.8) is 0 Å². The molecule has 1 aliphatic rings. The fourth-order valence-electron chi connectivity index (χ4n) is 1.84. The van der Waals surface area contributed by atoms with E-state index in [1.807, 2.05) is 24.3 Å². The Morgan fingerprint density at radius 1 is 1.20 bits per heavy atom. The number of thiophene rings is 1. The van der Waals surface area contributed by atoms with Crippen molar-refractivity contribution in [2.24, 2.45) is 10.7 Å². The number of fused-ring (bicyclic) bond motifs is 2. The van der Waals surface area contributed by atoms with Crippen LogP contribution >= 0.6 is 11.3 Å². The zero-order valence-corrected chi connectivity index (χ0v) is 8.92. The Balaban J connectivity index is 2.47. The first-order valence-electron chi connectivity index (χ1n) is 4.82. The van der Waals surface area contributed by atoms with Crippen molar-refractivity contribution in [1.82, 2.24) is 0 Å². The number of para-hydroxylation sites is 1. The van der Waals surface area contributed by atoms with Gasteiger partial charge in [-0.3, -0.25) is 4.99 Å².